The van der Waals surface area contributed by atoms with Gasteiger partial charge in [0.2, 0.25) is 0 Å². The van der Waals surface area contributed by atoms with Crippen LogP contribution in [0.2, 0.25) is 0 Å². The molecule has 0 radical (unpaired) electrons. The van der Waals surface area contributed by atoms with Gasteiger partial charge in [0.05, 0.1) is 18.2 Å². The Morgan fingerprint density at radius 2 is 2.33 bits per heavy atom. The molecular formula is C10H7N3O2. The van der Waals surface area contributed by atoms with Crippen LogP contribution in [0.5, 0.6) is 0 Å². The largest absolute Gasteiger partial charge is 0.472 e. The van der Waals surface area contributed by atoms with Crippen LogP contribution in [-0.4, -0.2) is 14.6 Å². The fourth-order valence-electron chi connectivity index (χ4n) is 1.49. The summed E-state index contributed by atoms with van der Waals surface area (Å²) >= 11 is 0. The molecule has 1 N–H and O–H groups in total. The van der Waals surface area contributed by atoms with Crippen molar-refractivity contribution in [2.75, 3.05) is 0 Å². The molecule has 0 aliphatic carbocycles. The van der Waals surface area contributed by atoms with Crippen molar-refractivity contribution in [3.05, 3.63) is 47.3 Å². The van der Waals surface area contributed by atoms with E-state index in [1.54, 1.807) is 30.9 Å². The van der Waals surface area contributed by atoms with E-state index >= 15 is 0 Å². The van der Waals surface area contributed by atoms with Gasteiger partial charge in [-0.2, -0.15) is 0 Å². The quantitative estimate of drug-likeness (QED) is 0.645. The molecule has 0 bridgehead atoms. The van der Waals surface area contributed by atoms with Gasteiger partial charge in [-0.25, -0.2) is 9.50 Å². The summed E-state index contributed by atoms with van der Waals surface area (Å²) in [6, 6.07) is 4.98. The van der Waals surface area contributed by atoms with E-state index in [0.29, 0.717) is 11.3 Å². The average molecular weight is 201 g/mol. The Balaban J connectivity index is 2.34. The lowest BCUT2D eigenvalue weighted by atomic mass is 10.2. The molecule has 5 nitrogen and oxygen atoms in total. The van der Waals surface area contributed by atoms with E-state index in [9.17, 15) is 4.79 Å². The second-order valence-electron chi connectivity index (χ2n) is 3.15. The third kappa shape index (κ3) is 1.17. The lowest BCUT2D eigenvalue weighted by Crippen LogP contribution is -2.13. The highest BCUT2D eigenvalue weighted by molar-refractivity contribution is 5.59. The number of rotatable bonds is 1. The zero-order valence-corrected chi connectivity index (χ0v) is 7.68. The molecule has 3 rings (SSSR count). The Morgan fingerprint density at radius 1 is 1.40 bits per heavy atom. The van der Waals surface area contributed by atoms with Gasteiger partial charge in [-0.05, 0) is 6.07 Å². The van der Waals surface area contributed by atoms with Crippen LogP contribution in [-0.2, 0) is 0 Å². The minimum absolute atomic E-state index is 0.138. The van der Waals surface area contributed by atoms with Gasteiger partial charge in [0, 0.05) is 23.9 Å². The van der Waals surface area contributed by atoms with Crippen LogP contribution in [0.1, 0.15) is 0 Å². The number of nitrogens with one attached hydrogen (secondary N) is 1. The highest BCUT2D eigenvalue weighted by atomic mass is 16.3. The van der Waals surface area contributed by atoms with Gasteiger partial charge < -0.3 is 4.42 Å². The molecule has 0 spiro atoms. The van der Waals surface area contributed by atoms with Crippen LogP contribution < -0.4 is 5.56 Å². The normalized spacial score (nSPS) is 10.9. The maximum atomic E-state index is 11.6. The zero-order chi connectivity index (χ0) is 10.3. The minimum atomic E-state index is -0.138. The number of furan rings is 1. The summed E-state index contributed by atoms with van der Waals surface area (Å²) in [6.07, 6.45) is 4.78. The minimum Gasteiger partial charge on any atom is -0.472 e. The standard InChI is InChI=1S/C10H7N3O2/c14-10-5-8(7-2-4-15-6-7)12-9-1-3-11-13(9)10/h1-6,11H. The topological polar surface area (TPSA) is 63.3 Å². The molecule has 3 aromatic heterocycles. The zero-order valence-electron chi connectivity index (χ0n) is 7.68. The van der Waals surface area contributed by atoms with Crippen molar-refractivity contribution in [2.24, 2.45) is 0 Å². The van der Waals surface area contributed by atoms with Gasteiger partial charge in [-0.1, -0.05) is 0 Å². The highest BCUT2D eigenvalue weighted by Crippen LogP contribution is 2.15. The van der Waals surface area contributed by atoms with E-state index in [1.807, 2.05) is 0 Å². The van der Waals surface area contributed by atoms with Crippen LogP contribution in [0.25, 0.3) is 16.9 Å². The molecule has 74 valence electrons. The summed E-state index contributed by atoms with van der Waals surface area (Å²) in [5.41, 5.74) is 1.88. The third-order valence-electron chi connectivity index (χ3n) is 2.20. The van der Waals surface area contributed by atoms with Crippen molar-refractivity contribution < 1.29 is 4.42 Å². The van der Waals surface area contributed by atoms with E-state index in [-0.39, 0.29) is 5.56 Å². The van der Waals surface area contributed by atoms with Crippen LogP contribution in [0, 0.1) is 0 Å². The van der Waals surface area contributed by atoms with E-state index in [1.165, 1.54) is 10.6 Å². The number of nitrogens with zero attached hydrogens (tertiary/aromatic N) is 2. The van der Waals surface area contributed by atoms with Crippen molar-refractivity contribution in [3.8, 4) is 11.3 Å². The van der Waals surface area contributed by atoms with Crippen molar-refractivity contribution in [1.29, 1.82) is 0 Å². The maximum Gasteiger partial charge on any atom is 0.273 e. The van der Waals surface area contributed by atoms with Crippen molar-refractivity contribution in [3.63, 3.8) is 0 Å². The molecule has 5 heteroatoms. The SMILES string of the molecule is O=c1cc(-c2ccoc2)nc2cc[nH]n12. The first kappa shape index (κ1) is 8.05. The van der Waals surface area contributed by atoms with Crippen molar-refractivity contribution in [1.82, 2.24) is 14.6 Å². The summed E-state index contributed by atoms with van der Waals surface area (Å²) in [5.74, 6) is 0. The summed E-state index contributed by atoms with van der Waals surface area (Å²) in [7, 11) is 0. The summed E-state index contributed by atoms with van der Waals surface area (Å²) in [5, 5.41) is 2.78. The number of hydrogen-bond acceptors (Lipinski definition) is 3. The number of aromatic nitrogens is 3. The highest BCUT2D eigenvalue weighted by Gasteiger charge is 2.05. The monoisotopic (exact) mass is 201 g/mol. The first-order chi connectivity index (χ1) is 7.34. The molecule has 0 atom stereocenters. The predicted octanol–water partition coefficient (Wildman–Crippen LogP) is 1.28. The van der Waals surface area contributed by atoms with E-state index < -0.39 is 0 Å². The van der Waals surface area contributed by atoms with Crippen molar-refractivity contribution in [2.45, 2.75) is 0 Å². The second-order valence-corrected chi connectivity index (χ2v) is 3.15. The van der Waals surface area contributed by atoms with Crippen LogP contribution in [0.4, 0.5) is 0 Å². The first-order valence-electron chi connectivity index (χ1n) is 4.44. The fraction of sp³-hybridized carbons (Fsp3) is 0. The molecule has 0 aromatic carbocycles. The molecule has 0 aliphatic heterocycles. The van der Waals surface area contributed by atoms with E-state index in [0.717, 1.165) is 5.56 Å². The number of fused-ring (bicyclic) bond motifs is 1. The second kappa shape index (κ2) is 2.84. The Kier molecular flexibility index (Phi) is 1.53. The Labute approximate surface area is 84.0 Å². The molecule has 0 aliphatic rings. The third-order valence-corrected chi connectivity index (χ3v) is 2.20. The molecule has 0 saturated carbocycles. The number of hydrogen-bond donors (Lipinski definition) is 1. The molecule has 3 aromatic rings. The van der Waals surface area contributed by atoms with Crippen LogP contribution in [0.3, 0.4) is 0 Å². The predicted molar refractivity (Wildman–Crippen MR) is 53.5 cm³/mol. The van der Waals surface area contributed by atoms with Gasteiger partial charge in [0.25, 0.3) is 5.56 Å². The fourth-order valence-corrected chi connectivity index (χ4v) is 1.49. The summed E-state index contributed by atoms with van der Waals surface area (Å²) in [4.78, 5) is 15.9. The van der Waals surface area contributed by atoms with E-state index in [4.69, 9.17) is 4.42 Å². The number of aromatic amines is 1. The first-order valence-corrected chi connectivity index (χ1v) is 4.44. The Hall–Kier alpha value is -2.30. The molecule has 0 saturated heterocycles. The Bertz CT molecular complexity index is 649. The van der Waals surface area contributed by atoms with Gasteiger partial charge in [0.15, 0.2) is 5.65 Å². The lowest BCUT2D eigenvalue weighted by molar-refractivity contribution is 0.568. The summed E-state index contributed by atoms with van der Waals surface area (Å²) < 4.78 is 6.32. The number of H-pyrrole nitrogens is 1. The lowest BCUT2D eigenvalue weighted by Gasteiger charge is -1.96. The average Bonchev–Trinajstić information content (AvgIpc) is 2.88. The maximum absolute atomic E-state index is 11.6. The molecule has 3 heterocycles. The van der Waals surface area contributed by atoms with Gasteiger partial charge in [0.1, 0.15) is 0 Å². The summed E-state index contributed by atoms with van der Waals surface area (Å²) in [6.45, 7) is 0. The van der Waals surface area contributed by atoms with Crippen molar-refractivity contribution >= 4 is 5.65 Å². The van der Waals surface area contributed by atoms with Gasteiger partial charge >= 0.3 is 0 Å². The molecule has 0 unspecified atom stereocenters. The molecule has 0 fully saturated rings. The smallest absolute Gasteiger partial charge is 0.273 e. The molecular weight excluding hydrogens is 194 g/mol. The van der Waals surface area contributed by atoms with E-state index in [2.05, 4.69) is 10.1 Å². The van der Waals surface area contributed by atoms with Crippen LogP contribution >= 0.6 is 0 Å². The van der Waals surface area contributed by atoms with Gasteiger partial charge in [-0.3, -0.25) is 9.89 Å². The molecule has 0 amide bonds. The molecule has 15 heavy (non-hydrogen) atoms. The van der Waals surface area contributed by atoms with Gasteiger partial charge in [-0.15, -0.1) is 0 Å². The Morgan fingerprint density at radius 3 is 3.13 bits per heavy atom. The van der Waals surface area contributed by atoms with Crippen LogP contribution in [0.15, 0.2) is 46.1 Å².